The Bertz CT molecular complexity index is 233. The van der Waals surface area contributed by atoms with Crippen LogP contribution in [0.25, 0.3) is 0 Å². The van der Waals surface area contributed by atoms with E-state index in [-0.39, 0.29) is 6.61 Å². The molecule has 0 amide bonds. The van der Waals surface area contributed by atoms with Crippen LogP contribution in [-0.2, 0) is 13.2 Å². The highest BCUT2D eigenvalue weighted by Gasteiger charge is 1.98. The smallest absolute Gasteiger partial charge is 0.108 e. The number of hydrogen-bond donors (Lipinski definition) is 1. The first-order valence-corrected chi connectivity index (χ1v) is 3.87. The van der Waals surface area contributed by atoms with E-state index >= 15 is 0 Å². The van der Waals surface area contributed by atoms with Gasteiger partial charge in [0.1, 0.15) is 5.69 Å². The van der Waals surface area contributed by atoms with Gasteiger partial charge < -0.3 is 10.0 Å². The predicted octanol–water partition coefficient (Wildman–Crippen LogP) is -0.668. The summed E-state index contributed by atoms with van der Waals surface area (Å²) in [5.41, 5.74) is 0.619. The van der Waals surface area contributed by atoms with Crippen LogP contribution >= 0.6 is 0 Å². The van der Waals surface area contributed by atoms with Crippen LogP contribution in [0.15, 0.2) is 6.20 Å². The van der Waals surface area contributed by atoms with E-state index in [0.717, 1.165) is 13.1 Å². The van der Waals surface area contributed by atoms with E-state index in [2.05, 4.69) is 15.2 Å². The maximum atomic E-state index is 8.70. The van der Waals surface area contributed by atoms with Gasteiger partial charge in [-0.2, -0.15) is 0 Å². The van der Waals surface area contributed by atoms with Gasteiger partial charge in [0, 0.05) is 6.54 Å². The van der Waals surface area contributed by atoms with Gasteiger partial charge in [-0.25, -0.2) is 0 Å². The molecule has 5 nitrogen and oxygen atoms in total. The number of aromatic nitrogens is 3. The normalized spacial score (nSPS) is 11.0. The summed E-state index contributed by atoms with van der Waals surface area (Å²) in [6.07, 6.45) is 1.75. The number of aliphatic hydroxyl groups is 1. The third-order valence-corrected chi connectivity index (χ3v) is 1.52. The minimum atomic E-state index is -0.0397. The quantitative estimate of drug-likeness (QED) is 0.651. The Hall–Kier alpha value is -0.940. The molecule has 0 atom stereocenters. The van der Waals surface area contributed by atoms with Gasteiger partial charge in [-0.3, -0.25) is 4.68 Å². The van der Waals surface area contributed by atoms with E-state index in [9.17, 15) is 0 Å². The highest BCUT2D eigenvalue weighted by atomic mass is 16.3. The molecule has 0 unspecified atom stereocenters. The first-order valence-electron chi connectivity index (χ1n) is 3.87. The molecule has 0 aliphatic carbocycles. The van der Waals surface area contributed by atoms with Crippen LogP contribution in [0.3, 0.4) is 0 Å². The van der Waals surface area contributed by atoms with E-state index in [4.69, 9.17) is 5.11 Å². The third kappa shape index (κ3) is 2.60. The van der Waals surface area contributed by atoms with Crippen molar-refractivity contribution in [3.05, 3.63) is 11.9 Å². The lowest BCUT2D eigenvalue weighted by Crippen LogP contribution is -2.18. The minimum absolute atomic E-state index is 0.0397. The van der Waals surface area contributed by atoms with Gasteiger partial charge >= 0.3 is 0 Å². The van der Waals surface area contributed by atoms with Gasteiger partial charge in [-0.1, -0.05) is 5.21 Å². The van der Waals surface area contributed by atoms with Crippen LogP contribution in [-0.4, -0.2) is 45.6 Å². The Kier molecular flexibility index (Phi) is 3.19. The lowest BCUT2D eigenvalue weighted by molar-refractivity contribution is 0.276. The lowest BCUT2D eigenvalue weighted by Gasteiger charge is -2.07. The summed E-state index contributed by atoms with van der Waals surface area (Å²) in [6.45, 7) is 1.69. The molecule has 0 radical (unpaired) electrons. The molecule has 1 rings (SSSR count). The second-order valence-corrected chi connectivity index (χ2v) is 2.93. The zero-order valence-corrected chi connectivity index (χ0v) is 7.43. The van der Waals surface area contributed by atoms with Crippen molar-refractivity contribution in [2.24, 2.45) is 0 Å². The highest BCUT2D eigenvalue weighted by Crippen LogP contribution is 1.91. The van der Waals surface area contributed by atoms with Gasteiger partial charge in [0.2, 0.25) is 0 Å². The van der Waals surface area contributed by atoms with Crippen LogP contribution in [0, 0.1) is 0 Å². The molecule has 1 N–H and O–H groups in total. The zero-order valence-electron chi connectivity index (χ0n) is 7.43. The van der Waals surface area contributed by atoms with E-state index in [0.29, 0.717) is 5.69 Å². The molecule has 0 aromatic carbocycles. The van der Waals surface area contributed by atoms with Crippen molar-refractivity contribution in [3.63, 3.8) is 0 Å². The molecule has 68 valence electrons. The number of rotatable bonds is 4. The Morgan fingerprint density at radius 1 is 1.58 bits per heavy atom. The fraction of sp³-hybridized carbons (Fsp3) is 0.714. The minimum Gasteiger partial charge on any atom is -0.390 e. The molecule has 0 saturated carbocycles. The summed E-state index contributed by atoms with van der Waals surface area (Å²) in [5.74, 6) is 0. The average molecular weight is 170 g/mol. The van der Waals surface area contributed by atoms with E-state index in [1.807, 2.05) is 14.1 Å². The van der Waals surface area contributed by atoms with Gasteiger partial charge in [0.05, 0.1) is 19.3 Å². The monoisotopic (exact) mass is 170 g/mol. The van der Waals surface area contributed by atoms with Crippen molar-refractivity contribution in [1.29, 1.82) is 0 Å². The van der Waals surface area contributed by atoms with Crippen LogP contribution in [0.1, 0.15) is 5.69 Å². The molecule has 1 aromatic rings. The van der Waals surface area contributed by atoms with Crippen molar-refractivity contribution in [1.82, 2.24) is 19.9 Å². The largest absolute Gasteiger partial charge is 0.390 e. The Morgan fingerprint density at radius 2 is 2.33 bits per heavy atom. The van der Waals surface area contributed by atoms with Gasteiger partial charge in [0.25, 0.3) is 0 Å². The molecular formula is C7H14N4O. The number of hydrogen-bond acceptors (Lipinski definition) is 4. The van der Waals surface area contributed by atoms with Gasteiger partial charge in [0.15, 0.2) is 0 Å². The standard InChI is InChI=1S/C7H14N4O/c1-10(2)3-4-11-5-7(6-12)8-9-11/h5,12H,3-4,6H2,1-2H3. The second-order valence-electron chi connectivity index (χ2n) is 2.93. The second kappa shape index (κ2) is 4.18. The Morgan fingerprint density at radius 3 is 2.83 bits per heavy atom. The Labute approximate surface area is 71.6 Å². The summed E-state index contributed by atoms with van der Waals surface area (Å²) in [6, 6.07) is 0. The molecule has 5 heteroatoms. The van der Waals surface area contributed by atoms with Crippen LogP contribution in [0.4, 0.5) is 0 Å². The van der Waals surface area contributed by atoms with Crippen molar-refractivity contribution in [2.75, 3.05) is 20.6 Å². The molecule has 12 heavy (non-hydrogen) atoms. The lowest BCUT2D eigenvalue weighted by atomic mass is 10.5. The Balaban J connectivity index is 2.41. The van der Waals surface area contributed by atoms with Gasteiger partial charge in [-0.05, 0) is 14.1 Å². The van der Waals surface area contributed by atoms with E-state index in [1.54, 1.807) is 10.9 Å². The fourth-order valence-electron chi connectivity index (χ4n) is 0.823. The fourth-order valence-corrected chi connectivity index (χ4v) is 0.823. The predicted molar refractivity (Wildman–Crippen MR) is 44.5 cm³/mol. The molecule has 0 aliphatic rings. The summed E-state index contributed by atoms with van der Waals surface area (Å²) in [5, 5.41) is 16.3. The average Bonchev–Trinajstić information content (AvgIpc) is 2.48. The molecule has 0 spiro atoms. The molecule has 0 bridgehead atoms. The number of aliphatic hydroxyl groups excluding tert-OH is 1. The van der Waals surface area contributed by atoms with Crippen molar-refractivity contribution >= 4 is 0 Å². The zero-order chi connectivity index (χ0) is 8.97. The summed E-state index contributed by atoms with van der Waals surface area (Å²) >= 11 is 0. The summed E-state index contributed by atoms with van der Waals surface area (Å²) in [4.78, 5) is 2.07. The first kappa shape index (κ1) is 9.15. The molecule has 1 aromatic heterocycles. The molecular weight excluding hydrogens is 156 g/mol. The van der Waals surface area contributed by atoms with Gasteiger partial charge in [-0.15, -0.1) is 5.10 Å². The van der Waals surface area contributed by atoms with Crippen LogP contribution < -0.4 is 0 Å². The topological polar surface area (TPSA) is 54.2 Å². The highest BCUT2D eigenvalue weighted by molar-refractivity contribution is 4.88. The molecule has 0 aliphatic heterocycles. The maximum Gasteiger partial charge on any atom is 0.108 e. The van der Waals surface area contributed by atoms with E-state index < -0.39 is 0 Å². The van der Waals surface area contributed by atoms with Crippen molar-refractivity contribution in [2.45, 2.75) is 13.2 Å². The maximum absolute atomic E-state index is 8.70. The van der Waals surface area contributed by atoms with Crippen molar-refractivity contribution in [3.8, 4) is 0 Å². The molecule has 0 saturated heterocycles. The number of likely N-dealkylation sites (N-methyl/N-ethyl adjacent to an activating group) is 1. The van der Waals surface area contributed by atoms with Crippen LogP contribution in [0.2, 0.25) is 0 Å². The third-order valence-electron chi connectivity index (χ3n) is 1.52. The summed E-state index contributed by atoms with van der Waals surface area (Å²) < 4.78 is 1.73. The molecule has 1 heterocycles. The SMILES string of the molecule is CN(C)CCn1cc(CO)nn1. The number of nitrogens with zero attached hydrogens (tertiary/aromatic N) is 4. The summed E-state index contributed by atoms with van der Waals surface area (Å²) in [7, 11) is 4.01. The van der Waals surface area contributed by atoms with E-state index in [1.165, 1.54) is 0 Å². The van der Waals surface area contributed by atoms with Crippen LogP contribution in [0.5, 0.6) is 0 Å². The molecule has 0 fully saturated rings. The van der Waals surface area contributed by atoms with Crippen molar-refractivity contribution < 1.29 is 5.11 Å². The first-order chi connectivity index (χ1) is 5.72.